The van der Waals surface area contributed by atoms with E-state index in [-0.39, 0.29) is 6.03 Å². The Morgan fingerprint density at radius 1 is 1.20 bits per heavy atom. The highest BCUT2D eigenvalue weighted by Crippen LogP contribution is 2.29. The molecule has 0 atom stereocenters. The molecule has 2 amide bonds. The molecule has 128 valence electrons. The highest BCUT2D eigenvalue weighted by Gasteiger charge is 2.08. The SMILES string of the molecule is Cc1cccc(Oc2ccccc2NC(=O)NCCc2ncn[nH]2)c1. The van der Waals surface area contributed by atoms with Gasteiger partial charge in [0.2, 0.25) is 0 Å². The first-order valence-electron chi connectivity index (χ1n) is 7.93. The Hall–Kier alpha value is -3.35. The molecular formula is C18H19N5O2. The fourth-order valence-electron chi connectivity index (χ4n) is 2.28. The van der Waals surface area contributed by atoms with Crippen LogP contribution < -0.4 is 15.4 Å². The predicted molar refractivity (Wildman–Crippen MR) is 94.8 cm³/mol. The molecule has 25 heavy (non-hydrogen) atoms. The smallest absolute Gasteiger partial charge is 0.319 e. The zero-order valence-electron chi connectivity index (χ0n) is 13.8. The second kappa shape index (κ2) is 7.96. The average molecular weight is 337 g/mol. The first-order valence-corrected chi connectivity index (χ1v) is 7.93. The number of hydrogen-bond acceptors (Lipinski definition) is 4. The number of ether oxygens (including phenoxy) is 1. The molecule has 7 heteroatoms. The molecule has 2 aromatic carbocycles. The molecule has 0 saturated heterocycles. The van der Waals surface area contributed by atoms with Gasteiger partial charge in [-0.15, -0.1) is 0 Å². The molecule has 0 aliphatic rings. The number of para-hydroxylation sites is 2. The Kier molecular flexibility index (Phi) is 5.26. The molecular weight excluding hydrogens is 318 g/mol. The van der Waals surface area contributed by atoms with Gasteiger partial charge in [-0.1, -0.05) is 24.3 Å². The summed E-state index contributed by atoms with van der Waals surface area (Å²) in [7, 11) is 0. The predicted octanol–water partition coefficient (Wildman–Crippen LogP) is 3.27. The zero-order valence-corrected chi connectivity index (χ0v) is 13.8. The van der Waals surface area contributed by atoms with Gasteiger partial charge in [0, 0.05) is 13.0 Å². The van der Waals surface area contributed by atoms with Crippen LogP contribution in [0.25, 0.3) is 0 Å². The van der Waals surface area contributed by atoms with E-state index in [4.69, 9.17) is 4.74 Å². The van der Waals surface area contributed by atoms with Gasteiger partial charge >= 0.3 is 6.03 Å². The van der Waals surface area contributed by atoms with Crippen molar-refractivity contribution in [3.63, 3.8) is 0 Å². The lowest BCUT2D eigenvalue weighted by Gasteiger charge is -2.13. The number of H-pyrrole nitrogens is 1. The Labute approximate surface area is 145 Å². The van der Waals surface area contributed by atoms with Crippen molar-refractivity contribution < 1.29 is 9.53 Å². The molecule has 3 N–H and O–H groups in total. The van der Waals surface area contributed by atoms with Crippen molar-refractivity contribution in [2.45, 2.75) is 13.3 Å². The number of anilines is 1. The maximum Gasteiger partial charge on any atom is 0.319 e. The number of carbonyl (C=O) groups excluding carboxylic acids is 1. The van der Waals surface area contributed by atoms with E-state index in [0.29, 0.717) is 24.4 Å². The van der Waals surface area contributed by atoms with Crippen molar-refractivity contribution in [3.8, 4) is 11.5 Å². The van der Waals surface area contributed by atoms with Gasteiger partial charge in [-0.3, -0.25) is 5.10 Å². The zero-order chi connectivity index (χ0) is 17.5. The number of aryl methyl sites for hydroxylation is 1. The van der Waals surface area contributed by atoms with Crippen molar-refractivity contribution >= 4 is 11.7 Å². The third-order valence-corrected chi connectivity index (χ3v) is 3.46. The second-order valence-corrected chi connectivity index (χ2v) is 5.48. The number of amides is 2. The highest BCUT2D eigenvalue weighted by molar-refractivity contribution is 5.90. The van der Waals surface area contributed by atoms with E-state index in [1.165, 1.54) is 6.33 Å². The Bertz CT molecular complexity index is 833. The molecule has 0 saturated carbocycles. The number of aromatic amines is 1. The summed E-state index contributed by atoms with van der Waals surface area (Å²) in [6, 6.07) is 14.7. The van der Waals surface area contributed by atoms with Crippen LogP contribution in [0.5, 0.6) is 11.5 Å². The van der Waals surface area contributed by atoms with Crippen molar-refractivity contribution in [2.75, 3.05) is 11.9 Å². The van der Waals surface area contributed by atoms with Gasteiger partial charge < -0.3 is 15.4 Å². The van der Waals surface area contributed by atoms with Crippen LogP contribution in [0.15, 0.2) is 54.9 Å². The van der Waals surface area contributed by atoms with Crippen LogP contribution in [0.3, 0.4) is 0 Å². The first kappa shape index (κ1) is 16.5. The van der Waals surface area contributed by atoms with E-state index < -0.39 is 0 Å². The average Bonchev–Trinajstić information content (AvgIpc) is 3.10. The fraction of sp³-hybridized carbons (Fsp3) is 0.167. The summed E-state index contributed by atoms with van der Waals surface area (Å²) in [5.74, 6) is 2.03. The largest absolute Gasteiger partial charge is 0.455 e. The van der Waals surface area contributed by atoms with Crippen molar-refractivity contribution in [1.29, 1.82) is 0 Å². The fourth-order valence-corrected chi connectivity index (χ4v) is 2.28. The molecule has 0 aliphatic heterocycles. The van der Waals surface area contributed by atoms with E-state index in [9.17, 15) is 4.79 Å². The Balaban J connectivity index is 1.59. The minimum atomic E-state index is -0.306. The maximum atomic E-state index is 12.1. The van der Waals surface area contributed by atoms with Crippen molar-refractivity contribution in [1.82, 2.24) is 20.5 Å². The molecule has 7 nitrogen and oxygen atoms in total. The lowest BCUT2D eigenvalue weighted by molar-refractivity contribution is 0.252. The van der Waals surface area contributed by atoms with Gasteiger partial charge in [-0.25, -0.2) is 9.78 Å². The quantitative estimate of drug-likeness (QED) is 0.644. The number of benzene rings is 2. The molecule has 0 spiro atoms. The second-order valence-electron chi connectivity index (χ2n) is 5.48. The van der Waals surface area contributed by atoms with Crippen LogP contribution in [0.1, 0.15) is 11.4 Å². The van der Waals surface area contributed by atoms with E-state index in [2.05, 4.69) is 25.8 Å². The molecule has 1 aromatic heterocycles. The molecule has 0 unspecified atom stereocenters. The summed E-state index contributed by atoms with van der Waals surface area (Å²) in [4.78, 5) is 16.1. The molecule has 0 radical (unpaired) electrons. The van der Waals surface area contributed by atoms with Gasteiger partial charge in [0.05, 0.1) is 5.69 Å². The summed E-state index contributed by atoms with van der Waals surface area (Å²) in [6.45, 7) is 2.45. The standard InChI is InChI=1S/C18H19N5O2/c1-13-5-4-6-14(11-13)25-16-8-3-2-7-15(16)22-18(24)19-10-9-17-20-12-21-23-17/h2-8,11-12H,9-10H2,1H3,(H2,19,22,24)(H,20,21,23). The number of rotatable bonds is 6. The molecule has 0 fully saturated rings. The van der Waals surface area contributed by atoms with Gasteiger partial charge in [-0.05, 0) is 36.8 Å². The number of urea groups is 1. The van der Waals surface area contributed by atoms with E-state index in [1.54, 1.807) is 6.07 Å². The van der Waals surface area contributed by atoms with Crippen LogP contribution >= 0.6 is 0 Å². The summed E-state index contributed by atoms with van der Waals surface area (Å²) < 4.78 is 5.89. The van der Waals surface area contributed by atoms with Crippen LogP contribution in [0.4, 0.5) is 10.5 Å². The molecule has 0 aliphatic carbocycles. The van der Waals surface area contributed by atoms with Crippen LogP contribution in [0, 0.1) is 6.92 Å². The lowest BCUT2D eigenvalue weighted by atomic mass is 10.2. The first-order chi connectivity index (χ1) is 12.2. The summed E-state index contributed by atoms with van der Waals surface area (Å²) in [5, 5.41) is 12.1. The van der Waals surface area contributed by atoms with Crippen LogP contribution in [-0.4, -0.2) is 27.8 Å². The molecule has 3 aromatic rings. The van der Waals surface area contributed by atoms with Gasteiger partial charge in [0.1, 0.15) is 17.9 Å². The number of nitrogens with zero attached hydrogens (tertiary/aromatic N) is 2. The minimum Gasteiger partial charge on any atom is -0.455 e. The van der Waals surface area contributed by atoms with Crippen LogP contribution in [-0.2, 0) is 6.42 Å². The number of hydrogen-bond donors (Lipinski definition) is 3. The normalized spacial score (nSPS) is 10.3. The monoisotopic (exact) mass is 337 g/mol. The van der Waals surface area contributed by atoms with E-state index in [0.717, 1.165) is 17.1 Å². The van der Waals surface area contributed by atoms with Crippen LogP contribution in [0.2, 0.25) is 0 Å². The third kappa shape index (κ3) is 4.81. The van der Waals surface area contributed by atoms with Crippen molar-refractivity contribution in [2.24, 2.45) is 0 Å². The van der Waals surface area contributed by atoms with Crippen molar-refractivity contribution in [3.05, 3.63) is 66.2 Å². The topological polar surface area (TPSA) is 91.9 Å². The van der Waals surface area contributed by atoms with Gasteiger partial charge in [0.15, 0.2) is 5.75 Å². The molecule has 3 rings (SSSR count). The lowest BCUT2D eigenvalue weighted by Crippen LogP contribution is -2.30. The highest BCUT2D eigenvalue weighted by atomic mass is 16.5. The Morgan fingerprint density at radius 3 is 2.88 bits per heavy atom. The maximum absolute atomic E-state index is 12.1. The summed E-state index contributed by atoms with van der Waals surface area (Å²) in [6.07, 6.45) is 2.02. The van der Waals surface area contributed by atoms with Gasteiger partial charge in [-0.2, -0.15) is 5.10 Å². The van der Waals surface area contributed by atoms with E-state index in [1.807, 2.05) is 49.4 Å². The molecule has 1 heterocycles. The number of aromatic nitrogens is 3. The van der Waals surface area contributed by atoms with Gasteiger partial charge in [0.25, 0.3) is 0 Å². The van der Waals surface area contributed by atoms with E-state index >= 15 is 0 Å². The third-order valence-electron chi connectivity index (χ3n) is 3.46. The number of nitrogens with one attached hydrogen (secondary N) is 3. The number of carbonyl (C=O) groups is 1. The minimum absolute atomic E-state index is 0.306. The molecule has 0 bridgehead atoms. The summed E-state index contributed by atoms with van der Waals surface area (Å²) in [5.41, 5.74) is 1.70. The summed E-state index contributed by atoms with van der Waals surface area (Å²) >= 11 is 0. The Morgan fingerprint density at radius 2 is 2.08 bits per heavy atom.